The van der Waals surface area contributed by atoms with Crippen LogP contribution in [0.2, 0.25) is 0 Å². The Morgan fingerprint density at radius 1 is 1.37 bits per heavy atom. The van der Waals surface area contributed by atoms with Crippen LogP contribution in [0.25, 0.3) is 0 Å². The molecular weight excluding hydrogens is 238 g/mol. The average molecular weight is 261 g/mol. The van der Waals surface area contributed by atoms with E-state index in [1.54, 1.807) is 24.5 Å². The van der Waals surface area contributed by atoms with Crippen molar-refractivity contribution in [3.63, 3.8) is 0 Å². The van der Waals surface area contributed by atoms with Crippen LogP contribution in [0.1, 0.15) is 39.5 Å². The zero-order valence-electron chi connectivity index (χ0n) is 11.8. The highest BCUT2D eigenvalue weighted by Gasteiger charge is 2.31. The second kappa shape index (κ2) is 6.15. The van der Waals surface area contributed by atoms with Crippen LogP contribution in [0.4, 0.5) is 5.69 Å². The smallest absolute Gasteiger partial charge is 0.238 e. The molecule has 0 unspecified atom stereocenters. The van der Waals surface area contributed by atoms with Gasteiger partial charge in [-0.15, -0.1) is 0 Å². The Bertz CT molecular complexity index is 417. The largest absolute Gasteiger partial charge is 0.325 e. The van der Waals surface area contributed by atoms with E-state index in [1.165, 1.54) is 19.3 Å². The average Bonchev–Trinajstić information content (AvgIpc) is 2.38. The van der Waals surface area contributed by atoms with Gasteiger partial charge in [-0.3, -0.25) is 9.78 Å². The molecule has 19 heavy (non-hydrogen) atoms. The molecule has 0 spiro atoms. The topological polar surface area (TPSA) is 54.0 Å². The van der Waals surface area contributed by atoms with Gasteiger partial charge in [0.15, 0.2) is 0 Å². The van der Waals surface area contributed by atoms with Crippen LogP contribution in [0.3, 0.4) is 0 Å². The van der Waals surface area contributed by atoms with Gasteiger partial charge in [-0.05, 0) is 30.4 Å². The van der Waals surface area contributed by atoms with Crippen molar-refractivity contribution < 1.29 is 4.79 Å². The third-order valence-corrected chi connectivity index (χ3v) is 3.98. The molecule has 1 aromatic heterocycles. The van der Waals surface area contributed by atoms with E-state index in [1.807, 2.05) is 0 Å². The summed E-state index contributed by atoms with van der Waals surface area (Å²) in [5.74, 6) is 0.00701. The number of hydrogen-bond acceptors (Lipinski definition) is 3. The summed E-state index contributed by atoms with van der Waals surface area (Å²) in [6, 6.07) is 4.02. The molecule has 4 nitrogen and oxygen atoms in total. The van der Waals surface area contributed by atoms with E-state index < -0.39 is 0 Å². The zero-order valence-corrected chi connectivity index (χ0v) is 11.8. The molecule has 104 valence electrons. The van der Waals surface area contributed by atoms with Gasteiger partial charge in [0.25, 0.3) is 0 Å². The number of amides is 1. The Kier molecular flexibility index (Phi) is 4.53. The van der Waals surface area contributed by atoms with Gasteiger partial charge in [0, 0.05) is 24.1 Å². The van der Waals surface area contributed by atoms with Crippen molar-refractivity contribution in [3.05, 3.63) is 24.5 Å². The predicted octanol–water partition coefficient (Wildman–Crippen LogP) is 2.58. The fourth-order valence-electron chi connectivity index (χ4n) is 2.73. The Balaban J connectivity index is 1.80. The molecule has 1 aromatic rings. The molecule has 1 amide bonds. The molecular formula is C15H23N3O. The number of carbonyl (C=O) groups is 1. The quantitative estimate of drug-likeness (QED) is 0.876. The predicted molar refractivity (Wildman–Crippen MR) is 76.9 cm³/mol. The van der Waals surface area contributed by atoms with Gasteiger partial charge in [-0.25, -0.2) is 0 Å². The molecule has 0 saturated heterocycles. The Morgan fingerprint density at radius 2 is 2.11 bits per heavy atom. The summed E-state index contributed by atoms with van der Waals surface area (Å²) in [7, 11) is 0. The Hall–Kier alpha value is -1.42. The normalized spacial score (nSPS) is 21.9. The lowest BCUT2D eigenvalue weighted by Gasteiger charge is -2.39. The van der Waals surface area contributed by atoms with Crippen molar-refractivity contribution in [2.75, 3.05) is 11.9 Å². The van der Waals surface area contributed by atoms with Gasteiger partial charge in [0.2, 0.25) is 5.91 Å². The number of carbonyl (C=O) groups excluding carboxylic acids is 1. The molecule has 1 fully saturated rings. The Labute approximate surface area is 115 Å². The van der Waals surface area contributed by atoms with E-state index in [0.717, 1.165) is 12.1 Å². The van der Waals surface area contributed by atoms with Crippen molar-refractivity contribution in [1.29, 1.82) is 0 Å². The first-order valence-electron chi connectivity index (χ1n) is 7.01. The molecule has 1 aliphatic carbocycles. The van der Waals surface area contributed by atoms with Gasteiger partial charge < -0.3 is 10.6 Å². The fourth-order valence-corrected chi connectivity index (χ4v) is 2.73. The molecule has 4 heteroatoms. The van der Waals surface area contributed by atoms with Crippen LogP contribution in [0.5, 0.6) is 0 Å². The minimum Gasteiger partial charge on any atom is -0.325 e. The van der Waals surface area contributed by atoms with Crippen LogP contribution < -0.4 is 10.6 Å². The highest BCUT2D eigenvalue weighted by Crippen LogP contribution is 2.35. The van der Waals surface area contributed by atoms with E-state index in [4.69, 9.17) is 0 Å². The molecule has 0 aliphatic heterocycles. The summed E-state index contributed by atoms with van der Waals surface area (Å²) >= 11 is 0. The van der Waals surface area contributed by atoms with Crippen LogP contribution in [-0.4, -0.2) is 23.5 Å². The van der Waals surface area contributed by atoms with E-state index in [2.05, 4.69) is 29.5 Å². The maximum atomic E-state index is 11.9. The summed E-state index contributed by atoms with van der Waals surface area (Å²) in [4.78, 5) is 15.8. The van der Waals surface area contributed by atoms with Crippen molar-refractivity contribution in [2.45, 2.75) is 45.6 Å². The van der Waals surface area contributed by atoms with Crippen molar-refractivity contribution in [1.82, 2.24) is 10.3 Å². The first kappa shape index (κ1) is 14.0. The van der Waals surface area contributed by atoms with Gasteiger partial charge >= 0.3 is 0 Å². The van der Waals surface area contributed by atoms with E-state index >= 15 is 0 Å². The number of anilines is 1. The number of pyridine rings is 1. The van der Waals surface area contributed by atoms with Crippen molar-refractivity contribution >= 4 is 11.6 Å². The lowest BCUT2D eigenvalue weighted by atomic mass is 9.73. The van der Waals surface area contributed by atoms with Gasteiger partial charge in [-0.1, -0.05) is 26.7 Å². The summed E-state index contributed by atoms with van der Waals surface area (Å²) in [6.07, 6.45) is 8.30. The second-order valence-electron chi connectivity index (χ2n) is 5.95. The highest BCUT2D eigenvalue weighted by molar-refractivity contribution is 5.92. The minimum absolute atomic E-state index is 0.00701. The van der Waals surface area contributed by atoms with Crippen LogP contribution in [0.15, 0.2) is 24.5 Å². The Morgan fingerprint density at radius 3 is 2.79 bits per heavy atom. The number of nitrogens with zero attached hydrogens (tertiary/aromatic N) is 1. The van der Waals surface area contributed by atoms with Gasteiger partial charge in [-0.2, -0.15) is 0 Å². The first-order valence-corrected chi connectivity index (χ1v) is 7.01. The maximum absolute atomic E-state index is 11.9. The fraction of sp³-hybridized carbons (Fsp3) is 0.600. The lowest BCUT2D eigenvalue weighted by molar-refractivity contribution is -0.115. The van der Waals surface area contributed by atoms with E-state index in [0.29, 0.717) is 12.6 Å². The standard InChI is InChI=1S/C15H23N3O/c1-15(2)8-4-3-5-13(15)17-11-14(19)18-12-6-9-16-10-7-12/h6-7,9-10,13,17H,3-5,8,11H2,1-2H3,(H,16,18,19)/t13-/m0/s1. The number of nitrogens with one attached hydrogen (secondary N) is 2. The summed E-state index contributed by atoms with van der Waals surface area (Å²) in [5.41, 5.74) is 1.08. The highest BCUT2D eigenvalue weighted by atomic mass is 16.1. The number of rotatable bonds is 4. The van der Waals surface area contributed by atoms with Crippen LogP contribution in [0, 0.1) is 5.41 Å². The van der Waals surface area contributed by atoms with Crippen LogP contribution in [-0.2, 0) is 4.79 Å². The van der Waals surface area contributed by atoms with Crippen molar-refractivity contribution in [3.8, 4) is 0 Å². The molecule has 2 rings (SSSR count). The monoisotopic (exact) mass is 261 g/mol. The lowest BCUT2D eigenvalue weighted by Crippen LogP contribution is -2.46. The summed E-state index contributed by atoms with van der Waals surface area (Å²) in [6.45, 7) is 4.94. The minimum atomic E-state index is 0.00701. The van der Waals surface area contributed by atoms with Crippen molar-refractivity contribution in [2.24, 2.45) is 5.41 Å². The molecule has 0 bridgehead atoms. The molecule has 1 aliphatic rings. The molecule has 2 N–H and O–H groups in total. The zero-order chi connectivity index (χ0) is 13.7. The molecule has 1 heterocycles. The molecule has 1 saturated carbocycles. The molecule has 0 aromatic carbocycles. The van der Waals surface area contributed by atoms with E-state index in [9.17, 15) is 4.79 Å². The van der Waals surface area contributed by atoms with Gasteiger partial charge in [0.05, 0.1) is 6.54 Å². The first-order chi connectivity index (χ1) is 9.08. The summed E-state index contributed by atoms with van der Waals surface area (Å²) in [5, 5.41) is 6.27. The number of aromatic nitrogens is 1. The molecule has 1 atom stereocenters. The summed E-state index contributed by atoms with van der Waals surface area (Å²) < 4.78 is 0. The third kappa shape index (κ3) is 4.03. The number of hydrogen-bond donors (Lipinski definition) is 2. The molecule has 0 radical (unpaired) electrons. The van der Waals surface area contributed by atoms with E-state index in [-0.39, 0.29) is 11.3 Å². The van der Waals surface area contributed by atoms with Crippen LogP contribution >= 0.6 is 0 Å². The van der Waals surface area contributed by atoms with Gasteiger partial charge in [0.1, 0.15) is 0 Å². The maximum Gasteiger partial charge on any atom is 0.238 e. The second-order valence-corrected chi connectivity index (χ2v) is 5.95. The third-order valence-electron chi connectivity index (χ3n) is 3.98. The SMILES string of the molecule is CC1(C)CCCC[C@@H]1NCC(=O)Nc1ccncc1.